The molecule has 2 aromatic carbocycles. The van der Waals surface area contributed by atoms with Gasteiger partial charge >= 0.3 is 6.01 Å². The van der Waals surface area contributed by atoms with Gasteiger partial charge in [0.25, 0.3) is 0 Å². The van der Waals surface area contributed by atoms with Gasteiger partial charge in [-0.1, -0.05) is 13.0 Å². The quantitative estimate of drug-likeness (QED) is 0.313. The summed E-state index contributed by atoms with van der Waals surface area (Å²) in [6.07, 6.45) is 1.65. The molecule has 0 spiro atoms. The van der Waals surface area contributed by atoms with Gasteiger partial charge in [0.2, 0.25) is 0 Å². The van der Waals surface area contributed by atoms with Gasteiger partial charge in [0, 0.05) is 31.6 Å². The Bertz CT molecular complexity index is 1670. The summed E-state index contributed by atoms with van der Waals surface area (Å²) >= 11 is 0. The number of hydrogen-bond donors (Lipinski definition) is 3. The van der Waals surface area contributed by atoms with Crippen molar-refractivity contribution in [1.29, 1.82) is 0 Å². The molecule has 11 heteroatoms. The van der Waals surface area contributed by atoms with Crippen LogP contribution in [0.4, 0.5) is 24.8 Å². The number of aromatic nitrogens is 3. The van der Waals surface area contributed by atoms with E-state index in [1.165, 1.54) is 18.2 Å². The van der Waals surface area contributed by atoms with Crippen molar-refractivity contribution in [2.75, 3.05) is 43.4 Å². The van der Waals surface area contributed by atoms with Crippen LogP contribution in [0.15, 0.2) is 24.3 Å². The molecular weight excluding hydrogens is 521 g/mol. The van der Waals surface area contributed by atoms with E-state index in [4.69, 9.17) is 4.74 Å². The lowest BCUT2D eigenvalue weighted by Gasteiger charge is -2.30. The summed E-state index contributed by atoms with van der Waals surface area (Å²) < 4.78 is 51.7. The van der Waals surface area contributed by atoms with Crippen LogP contribution in [0.3, 0.4) is 0 Å². The number of nitrogens with one attached hydrogen (secondary N) is 2. The molecule has 5 heterocycles. The highest BCUT2D eigenvalue weighted by Crippen LogP contribution is 2.43. The molecule has 0 radical (unpaired) electrons. The van der Waals surface area contributed by atoms with Crippen molar-refractivity contribution in [3.8, 4) is 23.0 Å². The number of halogens is 3. The van der Waals surface area contributed by atoms with E-state index in [0.29, 0.717) is 65.8 Å². The predicted molar refractivity (Wildman–Crippen MR) is 147 cm³/mol. The van der Waals surface area contributed by atoms with Crippen molar-refractivity contribution in [3.63, 3.8) is 0 Å². The molecule has 2 saturated heterocycles. The zero-order valence-corrected chi connectivity index (χ0v) is 22.0. The summed E-state index contributed by atoms with van der Waals surface area (Å²) in [6.45, 7) is 4.24. The molecule has 8 nitrogen and oxygen atoms in total. The molecule has 3 N–H and O–H groups in total. The maximum absolute atomic E-state index is 16.5. The molecule has 7 rings (SSSR count). The third-order valence-corrected chi connectivity index (χ3v) is 8.47. The second kappa shape index (κ2) is 9.36. The first-order valence-corrected chi connectivity index (χ1v) is 13.7. The highest BCUT2D eigenvalue weighted by molar-refractivity contribution is 6.05. The number of phenolic OH excluding ortho intramolecular Hbond substituents is 1. The number of benzene rings is 2. The van der Waals surface area contributed by atoms with Gasteiger partial charge in [-0.3, -0.25) is 4.90 Å². The minimum absolute atomic E-state index is 0.0107. The molecule has 3 aliphatic heterocycles. The van der Waals surface area contributed by atoms with Crippen LogP contribution in [-0.4, -0.2) is 69.5 Å². The van der Waals surface area contributed by atoms with Crippen LogP contribution in [-0.2, 0) is 6.42 Å². The summed E-state index contributed by atoms with van der Waals surface area (Å²) in [5, 5.41) is 18.4. The molecule has 4 aromatic rings. The molecule has 0 unspecified atom stereocenters. The summed E-state index contributed by atoms with van der Waals surface area (Å²) in [7, 11) is 0. The fourth-order valence-electron chi connectivity index (χ4n) is 6.69. The van der Waals surface area contributed by atoms with E-state index >= 15 is 4.39 Å². The van der Waals surface area contributed by atoms with Crippen molar-refractivity contribution in [2.45, 2.75) is 44.3 Å². The third kappa shape index (κ3) is 3.89. The number of anilines is 2. The molecule has 0 amide bonds. The highest BCUT2D eigenvalue weighted by atomic mass is 19.1. The summed E-state index contributed by atoms with van der Waals surface area (Å²) in [4.78, 5) is 15.8. The first-order valence-electron chi connectivity index (χ1n) is 13.7. The lowest BCUT2D eigenvalue weighted by Crippen LogP contribution is -2.43. The maximum atomic E-state index is 16.5. The van der Waals surface area contributed by atoms with Crippen LogP contribution in [0.2, 0.25) is 0 Å². The van der Waals surface area contributed by atoms with Crippen LogP contribution in [0, 0.1) is 11.6 Å². The average molecular weight is 551 g/mol. The second-order valence-corrected chi connectivity index (χ2v) is 10.9. The molecule has 0 aliphatic carbocycles. The lowest BCUT2D eigenvalue weighted by molar-refractivity contribution is 0.107. The Labute approximate surface area is 228 Å². The minimum Gasteiger partial charge on any atom is -0.508 e. The summed E-state index contributed by atoms with van der Waals surface area (Å²) in [5.41, 5.74) is 0.192. The number of fused-ring (bicyclic) bond motifs is 2. The normalized spacial score (nSPS) is 22.2. The molecule has 3 aliphatic rings. The van der Waals surface area contributed by atoms with Crippen molar-refractivity contribution >= 4 is 33.3 Å². The lowest BCUT2D eigenvalue weighted by atomic mass is 9.94. The molecule has 40 heavy (non-hydrogen) atoms. The number of ether oxygens (including phenoxy) is 1. The summed E-state index contributed by atoms with van der Waals surface area (Å²) in [6, 6.07) is 5.83. The fraction of sp³-hybridized carbons (Fsp3) is 0.414. The Morgan fingerprint density at radius 3 is 2.70 bits per heavy atom. The Morgan fingerprint density at radius 2 is 1.90 bits per heavy atom. The second-order valence-electron chi connectivity index (χ2n) is 10.9. The Balaban J connectivity index is 1.39. The molecule has 2 atom stereocenters. The van der Waals surface area contributed by atoms with E-state index in [0.717, 1.165) is 19.4 Å². The summed E-state index contributed by atoms with van der Waals surface area (Å²) in [5.74, 6) is -0.475. The Kier molecular flexibility index (Phi) is 5.88. The van der Waals surface area contributed by atoms with E-state index < -0.39 is 23.3 Å². The zero-order chi connectivity index (χ0) is 27.6. The van der Waals surface area contributed by atoms with Crippen LogP contribution >= 0.6 is 0 Å². The molecular formula is C29H29F3N6O2. The van der Waals surface area contributed by atoms with E-state index in [9.17, 15) is 13.9 Å². The molecule has 208 valence electrons. The van der Waals surface area contributed by atoms with E-state index in [-0.39, 0.29) is 35.1 Å². The molecule has 0 bridgehead atoms. The Hall–Kier alpha value is -3.86. The first-order chi connectivity index (χ1) is 19.4. The number of phenols is 1. The van der Waals surface area contributed by atoms with Crippen LogP contribution in [0.25, 0.3) is 32.9 Å². The number of hydrogen-bond acceptors (Lipinski definition) is 8. The number of alkyl halides is 1. The predicted octanol–water partition coefficient (Wildman–Crippen LogP) is 5.18. The molecule has 0 saturated carbocycles. The highest BCUT2D eigenvalue weighted by Gasteiger charge is 2.49. The maximum Gasteiger partial charge on any atom is 0.319 e. The van der Waals surface area contributed by atoms with E-state index in [2.05, 4.69) is 30.5 Å². The van der Waals surface area contributed by atoms with Gasteiger partial charge in [-0.2, -0.15) is 9.97 Å². The standard InChI is InChI=1S/C29H29F3N6O2/c1-2-18-20(31)5-4-15-10-17(39)11-19(21(15)18)24-23(32)25-22-26(35-24)33-7-8-34-27(22)37-28(36-25)40-14-29-6-3-9-38(29)13-16(30)12-29/h4-5,10-11,16,39H,2-3,6-9,12-14H2,1H3,(H,33,35)(H,34,36,37)/t16-,29+/m1/s1. The average Bonchev–Trinajstić information content (AvgIpc) is 3.38. The molecule has 2 aromatic heterocycles. The first kappa shape index (κ1) is 25.1. The largest absolute Gasteiger partial charge is 0.508 e. The van der Waals surface area contributed by atoms with Crippen molar-refractivity contribution in [2.24, 2.45) is 0 Å². The fourth-order valence-corrected chi connectivity index (χ4v) is 6.69. The van der Waals surface area contributed by atoms with Gasteiger partial charge in [0.05, 0.1) is 10.9 Å². The van der Waals surface area contributed by atoms with Crippen LogP contribution in [0.1, 0.15) is 31.7 Å². The van der Waals surface area contributed by atoms with Crippen LogP contribution < -0.4 is 15.4 Å². The number of pyridine rings is 1. The topological polar surface area (TPSA) is 95.4 Å². The number of aromatic hydroxyl groups is 1. The van der Waals surface area contributed by atoms with Gasteiger partial charge in [-0.15, -0.1) is 0 Å². The third-order valence-electron chi connectivity index (χ3n) is 8.47. The molecule has 2 fully saturated rings. The number of aryl methyl sites for hydroxylation is 1. The monoisotopic (exact) mass is 550 g/mol. The van der Waals surface area contributed by atoms with Crippen molar-refractivity contribution < 1.29 is 23.0 Å². The van der Waals surface area contributed by atoms with Gasteiger partial charge in [-0.05, 0) is 60.3 Å². The van der Waals surface area contributed by atoms with Crippen molar-refractivity contribution in [3.05, 3.63) is 41.5 Å². The van der Waals surface area contributed by atoms with Gasteiger partial charge in [0.1, 0.15) is 47.2 Å². The number of nitrogens with zero attached hydrogens (tertiary/aromatic N) is 4. The number of rotatable bonds is 5. The van der Waals surface area contributed by atoms with E-state index in [1.54, 1.807) is 6.07 Å². The van der Waals surface area contributed by atoms with Crippen LogP contribution in [0.5, 0.6) is 11.8 Å². The van der Waals surface area contributed by atoms with E-state index in [1.807, 2.05) is 6.92 Å². The van der Waals surface area contributed by atoms with Gasteiger partial charge < -0.3 is 20.5 Å². The zero-order valence-electron chi connectivity index (χ0n) is 22.0. The van der Waals surface area contributed by atoms with Crippen molar-refractivity contribution in [1.82, 2.24) is 19.9 Å². The Morgan fingerprint density at radius 1 is 1.10 bits per heavy atom. The van der Waals surface area contributed by atoms with Gasteiger partial charge in [0.15, 0.2) is 5.82 Å². The SMILES string of the molecule is CCc1c(F)ccc2cc(O)cc(-c3nc4c5c(nc(OC[C@@]67CCCN6C[C@H](F)C7)nc5c3F)NCCN4)c12. The smallest absolute Gasteiger partial charge is 0.319 e. The minimum atomic E-state index is -0.901. The van der Waals surface area contributed by atoms with Gasteiger partial charge in [-0.25, -0.2) is 18.2 Å².